The summed E-state index contributed by atoms with van der Waals surface area (Å²) in [5, 5.41) is 13.6. The number of ether oxygens (including phenoxy) is 1. The number of morpholine rings is 1. The standard InChI is InChI=1S/C23H28N6O3/c1-15-12-28(13-16(2)32-15)14-19-7-5-4-6-18(19)10-24-23(31)20-11-25-29(17(20)3)21-8-9-22(30)27-26-21/h4-9,11,15-16H,10,12-14H2,1-3H3,(H,24,31)(H,27,30)/t15-,16-/m1/s1. The predicted octanol–water partition coefficient (Wildman–Crippen LogP) is 1.80. The Balaban J connectivity index is 1.44. The summed E-state index contributed by atoms with van der Waals surface area (Å²) in [4.78, 5) is 26.5. The maximum atomic E-state index is 12.9. The number of benzene rings is 1. The smallest absolute Gasteiger partial charge is 0.264 e. The number of hydrogen-bond donors (Lipinski definition) is 2. The maximum Gasteiger partial charge on any atom is 0.264 e. The van der Waals surface area contributed by atoms with E-state index in [1.165, 1.54) is 22.5 Å². The molecular formula is C23H28N6O3. The number of aromatic amines is 1. The average Bonchev–Trinajstić information content (AvgIpc) is 3.14. The van der Waals surface area contributed by atoms with E-state index in [-0.39, 0.29) is 23.7 Å². The minimum Gasteiger partial charge on any atom is -0.373 e. The molecule has 1 amide bonds. The van der Waals surface area contributed by atoms with E-state index in [4.69, 9.17) is 4.74 Å². The zero-order chi connectivity index (χ0) is 22.7. The van der Waals surface area contributed by atoms with Crippen molar-refractivity contribution in [1.29, 1.82) is 0 Å². The SMILES string of the molecule is Cc1c(C(=O)NCc2ccccc2CN2C[C@@H](C)O[C@H](C)C2)cnn1-c1ccc(=O)[nH]n1. The van der Waals surface area contributed by atoms with Crippen molar-refractivity contribution in [2.75, 3.05) is 13.1 Å². The summed E-state index contributed by atoms with van der Waals surface area (Å²) < 4.78 is 7.36. The normalized spacial score (nSPS) is 19.1. The maximum absolute atomic E-state index is 12.9. The van der Waals surface area contributed by atoms with Gasteiger partial charge in [-0.05, 0) is 38.0 Å². The molecule has 0 saturated carbocycles. The first-order valence-corrected chi connectivity index (χ1v) is 10.7. The third-order valence-corrected chi connectivity index (χ3v) is 5.58. The minimum atomic E-state index is -0.295. The lowest BCUT2D eigenvalue weighted by Crippen LogP contribution is -2.45. The number of carbonyl (C=O) groups excluding carboxylic acids is 1. The lowest BCUT2D eigenvalue weighted by atomic mass is 10.1. The predicted molar refractivity (Wildman–Crippen MR) is 120 cm³/mol. The second kappa shape index (κ2) is 9.46. The zero-order valence-electron chi connectivity index (χ0n) is 18.5. The quantitative estimate of drug-likeness (QED) is 0.611. The van der Waals surface area contributed by atoms with Crippen molar-refractivity contribution in [2.24, 2.45) is 0 Å². The van der Waals surface area contributed by atoms with Gasteiger partial charge in [-0.2, -0.15) is 10.2 Å². The van der Waals surface area contributed by atoms with Crippen LogP contribution in [0.4, 0.5) is 0 Å². The molecule has 3 heterocycles. The fourth-order valence-electron chi connectivity index (χ4n) is 4.13. The molecule has 168 valence electrons. The molecule has 0 bridgehead atoms. The van der Waals surface area contributed by atoms with Gasteiger partial charge in [0, 0.05) is 32.2 Å². The lowest BCUT2D eigenvalue weighted by Gasteiger charge is -2.35. The zero-order valence-corrected chi connectivity index (χ0v) is 18.5. The van der Waals surface area contributed by atoms with E-state index in [1.807, 2.05) is 18.2 Å². The Hall–Kier alpha value is -3.30. The summed E-state index contributed by atoms with van der Waals surface area (Å²) in [5.74, 6) is 0.238. The molecule has 1 saturated heterocycles. The van der Waals surface area contributed by atoms with Gasteiger partial charge in [0.05, 0.1) is 29.7 Å². The molecule has 1 fully saturated rings. The third-order valence-electron chi connectivity index (χ3n) is 5.58. The second-order valence-electron chi connectivity index (χ2n) is 8.24. The summed E-state index contributed by atoms with van der Waals surface area (Å²) in [5.41, 5.74) is 3.09. The molecule has 1 aromatic carbocycles. The van der Waals surface area contributed by atoms with Gasteiger partial charge in [0.2, 0.25) is 0 Å². The van der Waals surface area contributed by atoms with Crippen molar-refractivity contribution in [2.45, 2.75) is 46.1 Å². The van der Waals surface area contributed by atoms with E-state index in [0.29, 0.717) is 23.6 Å². The highest BCUT2D eigenvalue weighted by Crippen LogP contribution is 2.17. The molecule has 2 aromatic heterocycles. The van der Waals surface area contributed by atoms with Crippen molar-refractivity contribution in [1.82, 2.24) is 30.2 Å². The molecule has 2 atom stereocenters. The Labute approximate surface area is 186 Å². The van der Waals surface area contributed by atoms with Crippen LogP contribution in [0.15, 0.2) is 47.4 Å². The van der Waals surface area contributed by atoms with Crippen molar-refractivity contribution in [3.05, 3.63) is 75.3 Å². The summed E-state index contributed by atoms with van der Waals surface area (Å²) in [6.45, 7) is 9.01. The first-order chi connectivity index (χ1) is 15.4. The largest absolute Gasteiger partial charge is 0.373 e. The van der Waals surface area contributed by atoms with Gasteiger partial charge in [0.25, 0.3) is 11.5 Å². The van der Waals surface area contributed by atoms with E-state index < -0.39 is 0 Å². The first-order valence-electron chi connectivity index (χ1n) is 10.7. The number of amides is 1. The summed E-state index contributed by atoms with van der Waals surface area (Å²) in [6.07, 6.45) is 1.93. The molecule has 2 N–H and O–H groups in total. The van der Waals surface area contributed by atoms with Crippen molar-refractivity contribution < 1.29 is 9.53 Å². The Morgan fingerprint density at radius 2 is 1.88 bits per heavy atom. The van der Waals surface area contributed by atoms with Crippen LogP contribution in [0.2, 0.25) is 0 Å². The van der Waals surface area contributed by atoms with E-state index in [1.54, 1.807) is 13.0 Å². The van der Waals surface area contributed by atoms with Crippen LogP contribution in [0.5, 0.6) is 0 Å². The Morgan fingerprint density at radius 1 is 1.16 bits per heavy atom. The van der Waals surface area contributed by atoms with Crippen LogP contribution in [-0.2, 0) is 17.8 Å². The monoisotopic (exact) mass is 436 g/mol. The molecule has 0 unspecified atom stereocenters. The number of nitrogens with one attached hydrogen (secondary N) is 2. The number of H-pyrrole nitrogens is 1. The highest BCUT2D eigenvalue weighted by Gasteiger charge is 2.23. The van der Waals surface area contributed by atoms with Gasteiger partial charge >= 0.3 is 0 Å². The van der Waals surface area contributed by atoms with Gasteiger partial charge in [-0.25, -0.2) is 9.78 Å². The number of carbonyl (C=O) groups is 1. The molecule has 32 heavy (non-hydrogen) atoms. The highest BCUT2D eigenvalue weighted by molar-refractivity contribution is 5.95. The van der Waals surface area contributed by atoms with Crippen LogP contribution in [-0.4, -0.2) is 56.1 Å². The van der Waals surface area contributed by atoms with Gasteiger partial charge in [0.15, 0.2) is 5.82 Å². The molecule has 0 radical (unpaired) electrons. The second-order valence-corrected chi connectivity index (χ2v) is 8.24. The number of rotatable bonds is 6. The van der Waals surface area contributed by atoms with Crippen LogP contribution in [0.1, 0.15) is 41.0 Å². The molecule has 0 spiro atoms. The van der Waals surface area contributed by atoms with Crippen LogP contribution < -0.4 is 10.9 Å². The van der Waals surface area contributed by atoms with Crippen LogP contribution >= 0.6 is 0 Å². The molecule has 1 aliphatic rings. The molecule has 9 heteroatoms. The molecule has 3 aromatic rings. The minimum absolute atomic E-state index is 0.207. The van der Waals surface area contributed by atoms with Crippen molar-refractivity contribution in [3.8, 4) is 5.82 Å². The van der Waals surface area contributed by atoms with E-state index >= 15 is 0 Å². The number of nitrogens with zero attached hydrogens (tertiary/aromatic N) is 4. The third kappa shape index (κ3) is 4.95. The van der Waals surface area contributed by atoms with E-state index in [2.05, 4.69) is 45.4 Å². The lowest BCUT2D eigenvalue weighted by molar-refractivity contribution is -0.0705. The molecule has 4 rings (SSSR count). The van der Waals surface area contributed by atoms with E-state index in [9.17, 15) is 9.59 Å². The number of hydrogen-bond acceptors (Lipinski definition) is 6. The fraction of sp³-hybridized carbons (Fsp3) is 0.391. The molecule has 1 aliphatic heterocycles. The van der Waals surface area contributed by atoms with Crippen molar-refractivity contribution >= 4 is 5.91 Å². The Morgan fingerprint density at radius 3 is 2.56 bits per heavy atom. The number of aromatic nitrogens is 4. The highest BCUT2D eigenvalue weighted by atomic mass is 16.5. The fourth-order valence-corrected chi connectivity index (χ4v) is 4.13. The van der Waals surface area contributed by atoms with Crippen molar-refractivity contribution in [3.63, 3.8) is 0 Å². The van der Waals surface area contributed by atoms with Gasteiger partial charge < -0.3 is 10.1 Å². The summed E-state index contributed by atoms with van der Waals surface area (Å²) >= 11 is 0. The van der Waals surface area contributed by atoms with E-state index in [0.717, 1.165) is 25.2 Å². The van der Waals surface area contributed by atoms with Crippen LogP contribution in [0, 0.1) is 6.92 Å². The molecule has 0 aliphatic carbocycles. The Kier molecular flexibility index (Phi) is 6.48. The topological polar surface area (TPSA) is 105 Å². The average molecular weight is 437 g/mol. The molecule has 9 nitrogen and oxygen atoms in total. The van der Waals surface area contributed by atoms with Gasteiger partial charge in [-0.3, -0.25) is 14.5 Å². The molecular weight excluding hydrogens is 408 g/mol. The van der Waals surface area contributed by atoms with Crippen LogP contribution in [0.25, 0.3) is 5.82 Å². The first kappa shape index (κ1) is 21.9. The van der Waals surface area contributed by atoms with Gasteiger partial charge in [-0.1, -0.05) is 24.3 Å². The summed E-state index contributed by atoms with van der Waals surface area (Å²) in [6, 6.07) is 11.1. The van der Waals surface area contributed by atoms with Crippen LogP contribution in [0.3, 0.4) is 0 Å². The summed E-state index contributed by atoms with van der Waals surface area (Å²) in [7, 11) is 0. The van der Waals surface area contributed by atoms with Gasteiger partial charge in [0.1, 0.15) is 0 Å². The Bertz CT molecular complexity index is 1120. The van der Waals surface area contributed by atoms with Gasteiger partial charge in [-0.15, -0.1) is 0 Å².